The van der Waals surface area contributed by atoms with Gasteiger partial charge in [0.25, 0.3) is 5.56 Å². The first-order valence-corrected chi connectivity index (χ1v) is 11.0. The van der Waals surface area contributed by atoms with Gasteiger partial charge >= 0.3 is 0 Å². The first-order valence-electron chi connectivity index (χ1n) is 10.2. The van der Waals surface area contributed by atoms with Crippen LogP contribution < -0.4 is 5.56 Å². The molecule has 0 bridgehead atoms. The summed E-state index contributed by atoms with van der Waals surface area (Å²) >= 11 is 3.65. The SMILES string of the molecule is CC(C)(C)c1c(C(C)(C)C)n2ccc3cc(-c4ccccc4Br)ccc3c2nc1=O. The first kappa shape index (κ1) is 20.8. The summed E-state index contributed by atoms with van der Waals surface area (Å²) in [4.78, 5) is 17.8. The Bertz CT molecular complexity index is 1340. The first-order chi connectivity index (χ1) is 14.0. The highest BCUT2D eigenvalue weighted by Crippen LogP contribution is 2.35. The molecule has 154 valence electrons. The van der Waals surface area contributed by atoms with Gasteiger partial charge in [0.05, 0.1) is 0 Å². The zero-order valence-corrected chi connectivity index (χ0v) is 20.0. The molecule has 0 spiro atoms. The number of nitrogens with zero attached hydrogens (tertiary/aromatic N) is 2. The van der Waals surface area contributed by atoms with E-state index < -0.39 is 0 Å². The topological polar surface area (TPSA) is 34.4 Å². The van der Waals surface area contributed by atoms with Crippen LogP contribution in [0.1, 0.15) is 52.8 Å². The van der Waals surface area contributed by atoms with E-state index in [1.165, 1.54) is 0 Å². The molecule has 0 fully saturated rings. The van der Waals surface area contributed by atoms with Gasteiger partial charge in [-0.3, -0.25) is 4.79 Å². The Kier molecular flexibility index (Phi) is 4.89. The molecule has 0 saturated carbocycles. The van der Waals surface area contributed by atoms with Gasteiger partial charge in [-0.2, -0.15) is 4.98 Å². The van der Waals surface area contributed by atoms with Crippen LogP contribution in [0.4, 0.5) is 0 Å². The maximum absolute atomic E-state index is 13.2. The minimum absolute atomic E-state index is 0.130. The lowest BCUT2D eigenvalue weighted by atomic mass is 9.78. The standard InChI is InChI=1S/C26H27BrN2O/c1-25(2,3)21-22(26(4,5)6)29-14-13-17-15-16(18-9-7-8-10-20(18)27)11-12-19(17)23(29)28-24(21)30/h7-15H,1-6H3. The number of rotatable bonds is 1. The molecule has 4 heteroatoms. The van der Waals surface area contributed by atoms with Crippen molar-refractivity contribution in [2.24, 2.45) is 0 Å². The third kappa shape index (κ3) is 3.47. The molecule has 2 aromatic heterocycles. The van der Waals surface area contributed by atoms with Crippen LogP contribution in [-0.4, -0.2) is 9.38 Å². The van der Waals surface area contributed by atoms with Crippen molar-refractivity contribution in [1.82, 2.24) is 9.38 Å². The summed E-state index contributed by atoms with van der Waals surface area (Å²) in [5.74, 6) is 0. The zero-order chi connectivity index (χ0) is 21.8. The summed E-state index contributed by atoms with van der Waals surface area (Å²) in [6.07, 6.45) is 2.06. The highest BCUT2D eigenvalue weighted by molar-refractivity contribution is 9.10. The van der Waals surface area contributed by atoms with Crippen LogP contribution >= 0.6 is 15.9 Å². The Balaban J connectivity index is 2.07. The Hall–Kier alpha value is -2.46. The molecule has 0 radical (unpaired) electrons. The number of halogens is 1. The summed E-state index contributed by atoms with van der Waals surface area (Å²) in [7, 11) is 0. The lowest BCUT2D eigenvalue weighted by Crippen LogP contribution is -2.34. The smallest absolute Gasteiger partial charge is 0.277 e. The molecule has 0 aliphatic carbocycles. The summed E-state index contributed by atoms with van der Waals surface area (Å²) in [5, 5.41) is 2.05. The molecule has 0 atom stereocenters. The average molecular weight is 463 g/mol. The van der Waals surface area contributed by atoms with Gasteiger partial charge < -0.3 is 4.40 Å². The van der Waals surface area contributed by atoms with E-state index in [0.29, 0.717) is 5.65 Å². The van der Waals surface area contributed by atoms with Crippen molar-refractivity contribution in [3.8, 4) is 11.1 Å². The Morgan fingerprint density at radius 3 is 2.23 bits per heavy atom. The molecule has 30 heavy (non-hydrogen) atoms. The predicted molar refractivity (Wildman–Crippen MR) is 130 cm³/mol. The predicted octanol–water partition coefficient (Wildman–Crippen LogP) is 6.87. The molecule has 4 rings (SSSR count). The number of benzene rings is 2. The molecular weight excluding hydrogens is 436 g/mol. The quantitative estimate of drug-likeness (QED) is 0.289. The van der Waals surface area contributed by atoms with Crippen molar-refractivity contribution in [3.05, 3.63) is 80.8 Å². The lowest BCUT2D eigenvalue weighted by Gasteiger charge is -2.30. The van der Waals surface area contributed by atoms with E-state index in [1.54, 1.807) is 0 Å². The Labute approximate surface area is 185 Å². The van der Waals surface area contributed by atoms with Crippen LogP contribution in [0.3, 0.4) is 0 Å². The highest BCUT2D eigenvalue weighted by atomic mass is 79.9. The Morgan fingerprint density at radius 2 is 1.60 bits per heavy atom. The number of aromatic nitrogens is 2. The van der Waals surface area contributed by atoms with Crippen molar-refractivity contribution >= 4 is 32.3 Å². The van der Waals surface area contributed by atoms with Gasteiger partial charge in [0, 0.05) is 32.7 Å². The van der Waals surface area contributed by atoms with Gasteiger partial charge in [-0.15, -0.1) is 0 Å². The van der Waals surface area contributed by atoms with Crippen molar-refractivity contribution in [2.45, 2.75) is 52.4 Å². The molecule has 2 heterocycles. The van der Waals surface area contributed by atoms with Crippen LogP contribution in [0.25, 0.3) is 27.5 Å². The van der Waals surface area contributed by atoms with Crippen molar-refractivity contribution in [1.29, 1.82) is 0 Å². The number of fused-ring (bicyclic) bond motifs is 3. The maximum Gasteiger partial charge on any atom is 0.277 e. The Morgan fingerprint density at radius 1 is 0.900 bits per heavy atom. The number of hydrogen-bond donors (Lipinski definition) is 0. The van der Waals surface area contributed by atoms with E-state index in [9.17, 15) is 4.79 Å². The minimum atomic E-state index is -0.285. The second-order valence-corrected chi connectivity index (χ2v) is 10.8. The third-order valence-electron chi connectivity index (χ3n) is 5.47. The largest absolute Gasteiger partial charge is 0.304 e. The normalized spacial score (nSPS) is 12.6. The van der Waals surface area contributed by atoms with Gasteiger partial charge in [-0.25, -0.2) is 0 Å². The van der Waals surface area contributed by atoms with Gasteiger partial charge in [0.2, 0.25) is 0 Å². The third-order valence-corrected chi connectivity index (χ3v) is 6.16. The molecule has 4 aromatic rings. The van der Waals surface area contributed by atoms with Crippen LogP contribution in [0.5, 0.6) is 0 Å². The summed E-state index contributed by atoms with van der Waals surface area (Å²) in [6.45, 7) is 12.7. The molecule has 0 aliphatic heterocycles. The van der Waals surface area contributed by atoms with Crippen LogP contribution in [0.15, 0.2) is 64.0 Å². The van der Waals surface area contributed by atoms with Crippen molar-refractivity contribution < 1.29 is 0 Å². The molecule has 0 saturated heterocycles. The molecule has 3 nitrogen and oxygen atoms in total. The van der Waals surface area contributed by atoms with E-state index in [-0.39, 0.29) is 16.4 Å². The second kappa shape index (κ2) is 7.05. The fraction of sp³-hybridized carbons (Fsp3) is 0.308. The van der Waals surface area contributed by atoms with Crippen molar-refractivity contribution in [2.75, 3.05) is 0 Å². The van der Waals surface area contributed by atoms with Gasteiger partial charge in [-0.1, -0.05) is 87.8 Å². The number of hydrogen-bond acceptors (Lipinski definition) is 2. The van der Waals surface area contributed by atoms with Gasteiger partial charge in [-0.05, 0) is 40.1 Å². The van der Waals surface area contributed by atoms with Crippen molar-refractivity contribution in [3.63, 3.8) is 0 Å². The monoisotopic (exact) mass is 462 g/mol. The summed E-state index contributed by atoms with van der Waals surface area (Å²) in [5.41, 5.74) is 4.19. The average Bonchev–Trinajstić information content (AvgIpc) is 2.65. The van der Waals surface area contributed by atoms with Crippen LogP contribution in [-0.2, 0) is 10.8 Å². The number of pyridine rings is 1. The van der Waals surface area contributed by atoms with E-state index in [2.05, 4.69) is 103 Å². The molecule has 0 N–H and O–H groups in total. The lowest BCUT2D eigenvalue weighted by molar-refractivity contribution is 0.500. The van der Waals surface area contributed by atoms with Gasteiger partial charge in [0.1, 0.15) is 5.65 Å². The van der Waals surface area contributed by atoms with E-state index >= 15 is 0 Å². The summed E-state index contributed by atoms with van der Waals surface area (Å²) < 4.78 is 3.17. The minimum Gasteiger partial charge on any atom is -0.304 e. The summed E-state index contributed by atoms with van der Waals surface area (Å²) in [6, 6.07) is 16.7. The van der Waals surface area contributed by atoms with Gasteiger partial charge in [0.15, 0.2) is 0 Å². The molecule has 0 amide bonds. The molecular formula is C26H27BrN2O. The van der Waals surface area contributed by atoms with Crippen LogP contribution in [0, 0.1) is 0 Å². The molecule has 0 unspecified atom stereocenters. The maximum atomic E-state index is 13.2. The molecule has 2 aromatic carbocycles. The van der Waals surface area contributed by atoms with E-state index in [4.69, 9.17) is 0 Å². The second-order valence-electron chi connectivity index (χ2n) is 9.93. The molecule has 0 aliphatic rings. The highest BCUT2D eigenvalue weighted by Gasteiger charge is 2.31. The zero-order valence-electron chi connectivity index (χ0n) is 18.4. The van der Waals surface area contributed by atoms with E-state index in [1.807, 2.05) is 18.2 Å². The van der Waals surface area contributed by atoms with E-state index in [0.717, 1.165) is 37.6 Å². The van der Waals surface area contributed by atoms with Crippen LogP contribution in [0.2, 0.25) is 0 Å². The fourth-order valence-electron chi connectivity index (χ4n) is 4.20. The fourth-order valence-corrected chi connectivity index (χ4v) is 4.72.